The molecule has 2 unspecified atom stereocenters. The van der Waals surface area contributed by atoms with E-state index in [4.69, 9.17) is 10.5 Å². The Labute approximate surface area is 90.5 Å². The molecule has 2 atom stereocenters. The summed E-state index contributed by atoms with van der Waals surface area (Å²) in [5, 5.41) is 3.10. The topological polar surface area (TPSA) is 64.4 Å². The summed E-state index contributed by atoms with van der Waals surface area (Å²) in [6, 6.07) is 0.283. The van der Waals surface area contributed by atoms with Crippen molar-refractivity contribution in [3.63, 3.8) is 0 Å². The van der Waals surface area contributed by atoms with Crippen molar-refractivity contribution in [2.45, 2.75) is 44.8 Å². The Bertz CT molecular complexity index is 251. The highest BCUT2D eigenvalue weighted by Crippen LogP contribution is 2.44. The summed E-state index contributed by atoms with van der Waals surface area (Å²) in [5.41, 5.74) is 5.40. The summed E-state index contributed by atoms with van der Waals surface area (Å²) in [6.45, 7) is 3.29. The van der Waals surface area contributed by atoms with Gasteiger partial charge in [-0.15, -0.1) is 0 Å². The summed E-state index contributed by atoms with van der Waals surface area (Å²) < 4.78 is 5.44. The summed E-state index contributed by atoms with van der Waals surface area (Å²) in [7, 11) is 0. The molecule has 1 heterocycles. The Hall–Kier alpha value is -0.610. The predicted octanol–water partition coefficient (Wildman–Crippen LogP) is 0.409. The lowest BCUT2D eigenvalue weighted by atomic mass is 10.0. The third-order valence-corrected chi connectivity index (χ3v) is 3.55. The minimum Gasteiger partial charge on any atom is -0.378 e. The monoisotopic (exact) mass is 212 g/mol. The Morgan fingerprint density at radius 2 is 2.33 bits per heavy atom. The number of hydrogen-bond acceptors (Lipinski definition) is 3. The maximum absolute atomic E-state index is 11.9. The normalized spacial score (nSPS) is 33.5. The highest BCUT2D eigenvalue weighted by molar-refractivity contribution is 5.85. The lowest BCUT2D eigenvalue weighted by Crippen LogP contribution is -2.46. The maximum atomic E-state index is 11.9. The molecule has 1 amide bonds. The maximum Gasteiger partial charge on any atom is 0.227 e. The first kappa shape index (κ1) is 10.9. The zero-order valence-corrected chi connectivity index (χ0v) is 9.29. The highest BCUT2D eigenvalue weighted by atomic mass is 16.5. The smallest absolute Gasteiger partial charge is 0.227 e. The molecule has 3 N–H and O–H groups in total. The van der Waals surface area contributed by atoms with Gasteiger partial charge in [0.15, 0.2) is 0 Å². The third kappa shape index (κ3) is 2.32. The average Bonchev–Trinajstić information content (AvgIpc) is 2.98. The van der Waals surface area contributed by atoms with Crippen LogP contribution in [0.4, 0.5) is 0 Å². The van der Waals surface area contributed by atoms with Crippen molar-refractivity contribution in [2.75, 3.05) is 13.2 Å². The van der Waals surface area contributed by atoms with Crippen LogP contribution in [-0.2, 0) is 9.53 Å². The quantitative estimate of drug-likeness (QED) is 0.712. The Morgan fingerprint density at radius 1 is 1.60 bits per heavy atom. The van der Waals surface area contributed by atoms with Crippen LogP contribution in [0, 0.1) is 5.41 Å². The Morgan fingerprint density at radius 3 is 2.87 bits per heavy atom. The van der Waals surface area contributed by atoms with Gasteiger partial charge in [-0.05, 0) is 32.6 Å². The number of rotatable bonds is 3. The van der Waals surface area contributed by atoms with Crippen LogP contribution in [0.1, 0.15) is 32.6 Å². The van der Waals surface area contributed by atoms with Crippen molar-refractivity contribution >= 4 is 5.91 Å². The fraction of sp³-hybridized carbons (Fsp3) is 0.909. The standard InChI is InChI=1S/C11H20N2O2/c1-8-6-9(2-5-15-8)13-10(14)11(7-12)3-4-11/h8-9H,2-7,12H2,1H3,(H,13,14). The number of ether oxygens (including phenoxy) is 1. The fourth-order valence-corrected chi connectivity index (χ4v) is 2.14. The molecule has 1 aliphatic carbocycles. The first-order valence-electron chi connectivity index (χ1n) is 5.79. The van der Waals surface area contributed by atoms with Crippen molar-refractivity contribution in [2.24, 2.45) is 11.1 Å². The van der Waals surface area contributed by atoms with E-state index in [0.29, 0.717) is 6.54 Å². The van der Waals surface area contributed by atoms with E-state index in [1.165, 1.54) is 0 Å². The van der Waals surface area contributed by atoms with Crippen LogP contribution < -0.4 is 11.1 Å². The molecule has 0 aromatic carbocycles. The third-order valence-electron chi connectivity index (χ3n) is 3.55. The zero-order chi connectivity index (χ0) is 10.9. The molecule has 0 spiro atoms. The van der Waals surface area contributed by atoms with Gasteiger partial charge in [0, 0.05) is 19.2 Å². The van der Waals surface area contributed by atoms with Crippen LogP contribution in [0.25, 0.3) is 0 Å². The number of amides is 1. The highest BCUT2D eigenvalue weighted by Gasteiger charge is 2.49. The van der Waals surface area contributed by atoms with Gasteiger partial charge in [-0.3, -0.25) is 4.79 Å². The van der Waals surface area contributed by atoms with Gasteiger partial charge in [-0.1, -0.05) is 0 Å². The second kappa shape index (κ2) is 4.10. The van der Waals surface area contributed by atoms with E-state index in [-0.39, 0.29) is 23.5 Å². The van der Waals surface area contributed by atoms with E-state index in [1.54, 1.807) is 0 Å². The molecule has 1 saturated carbocycles. The van der Waals surface area contributed by atoms with E-state index < -0.39 is 0 Å². The number of nitrogens with one attached hydrogen (secondary N) is 1. The number of nitrogens with two attached hydrogens (primary N) is 1. The molecule has 2 fully saturated rings. The Kier molecular flexibility index (Phi) is 2.98. The van der Waals surface area contributed by atoms with Crippen molar-refractivity contribution in [3.05, 3.63) is 0 Å². The van der Waals surface area contributed by atoms with Crippen LogP contribution >= 0.6 is 0 Å². The Balaban J connectivity index is 1.83. The SMILES string of the molecule is CC1CC(NC(=O)C2(CN)CC2)CCO1. The van der Waals surface area contributed by atoms with Gasteiger partial charge >= 0.3 is 0 Å². The van der Waals surface area contributed by atoms with Crippen LogP contribution in [0.5, 0.6) is 0 Å². The minimum absolute atomic E-state index is 0.157. The van der Waals surface area contributed by atoms with E-state index in [0.717, 1.165) is 32.3 Å². The first-order chi connectivity index (χ1) is 7.16. The van der Waals surface area contributed by atoms with E-state index in [1.807, 2.05) is 6.92 Å². The van der Waals surface area contributed by atoms with Crippen LogP contribution in [-0.4, -0.2) is 31.2 Å². The predicted molar refractivity (Wildman–Crippen MR) is 57.3 cm³/mol. The van der Waals surface area contributed by atoms with Crippen LogP contribution in [0.2, 0.25) is 0 Å². The van der Waals surface area contributed by atoms with Crippen molar-refractivity contribution in [1.82, 2.24) is 5.32 Å². The molecular weight excluding hydrogens is 192 g/mol. The largest absolute Gasteiger partial charge is 0.378 e. The van der Waals surface area contributed by atoms with E-state index in [2.05, 4.69) is 5.32 Å². The lowest BCUT2D eigenvalue weighted by Gasteiger charge is -2.29. The van der Waals surface area contributed by atoms with Gasteiger partial charge < -0.3 is 15.8 Å². The van der Waals surface area contributed by atoms with Crippen molar-refractivity contribution < 1.29 is 9.53 Å². The van der Waals surface area contributed by atoms with Gasteiger partial charge in [-0.2, -0.15) is 0 Å². The van der Waals surface area contributed by atoms with E-state index >= 15 is 0 Å². The van der Waals surface area contributed by atoms with Gasteiger partial charge in [0.1, 0.15) is 0 Å². The van der Waals surface area contributed by atoms with Crippen molar-refractivity contribution in [3.8, 4) is 0 Å². The van der Waals surface area contributed by atoms with Gasteiger partial charge in [0.2, 0.25) is 5.91 Å². The molecule has 2 rings (SSSR count). The summed E-state index contributed by atoms with van der Waals surface area (Å²) >= 11 is 0. The minimum atomic E-state index is -0.221. The molecule has 4 heteroatoms. The molecule has 0 aromatic heterocycles. The van der Waals surface area contributed by atoms with Gasteiger partial charge in [-0.25, -0.2) is 0 Å². The van der Waals surface area contributed by atoms with Gasteiger partial charge in [0.25, 0.3) is 0 Å². The summed E-state index contributed by atoms with van der Waals surface area (Å²) in [6.07, 6.45) is 4.02. The molecule has 86 valence electrons. The molecule has 1 saturated heterocycles. The molecule has 1 aliphatic heterocycles. The first-order valence-corrected chi connectivity index (χ1v) is 5.79. The van der Waals surface area contributed by atoms with Gasteiger partial charge in [0.05, 0.1) is 11.5 Å². The molecule has 0 aromatic rings. The molecule has 0 bridgehead atoms. The van der Waals surface area contributed by atoms with Crippen molar-refractivity contribution in [1.29, 1.82) is 0 Å². The second-order valence-corrected chi connectivity index (χ2v) is 4.86. The number of hydrogen-bond donors (Lipinski definition) is 2. The molecular formula is C11H20N2O2. The summed E-state index contributed by atoms with van der Waals surface area (Å²) in [5.74, 6) is 0.157. The fourth-order valence-electron chi connectivity index (χ4n) is 2.14. The zero-order valence-electron chi connectivity index (χ0n) is 9.29. The average molecular weight is 212 g/mol. The molecule has 4 nitrogen and oxygen atoms in total. The number of carbonyl (C=O) groups excluding carboxylic acids is 1. The van der Waals surface area contributed by atoms with E-state index in [9.17, 15) is 4.79 Å². The second-order valence-electron chi connectivity index (χ2n) is 4.86. The summed E-state index contributed by atoms with van der Waals surface area (Å²) in [4.78, 5) is 11.9. The molecule has 2 aliphatic rings. The molecule has 0 radical (unpaired) electrons. The lowest BCUT2D eigenvalue weighted by molar-refractivity contribution is -0.127. The molecule has 15 heavy (non-hydrogen) atoms. The van der Waals surface area contributed by atoms with Crippen LogP contribution in [0.3, 0.4) is 0 Å². The van der Waals surface area contributed by atoms with Crippen LogP contribution in [0.15, 0.2) is 0 Å². The number of carbonyl (C=O) groups is 1.